The molecule has 8 nitrogen and oxygen atoms in total. The van der Waals surface area contributed by atoms with Crippen LogP contribution in [0.3, 0.4) is 0 Å². The Bertz CT molecular complexity index is 875. The summed E-state index contributed by atoms with van der Waals surface area (Å²) in [4.78, 5) is 29.8. The van der Waals surface area contributed by atoms with Crippen LogP contribution in [0.15, 0.2) is 22.7 Å². The fourth-order valence-electron chi connectivity index (χ4n) is 1.80. The summed E-state index contributed by atoms with van der Waals surface area (Å²) in [5.41, 5.74) is -0.585. The van der Waals surface area contributed by atoms with E-state index in [1.807, 2.05) is 0 Å². The molecule has 1 aromatic carbocycles. The molecule has 0 aliphatic rings. The van der Waals surface area contributed by atoms with Gasteiger partial charge in [-0.2, -0.15) is 5.10 Å². The molecule has 1 amide bonds. The van der Waals surface area contributed by atoms with E-state index in [2.05, 4.69) is 30.9 Å². The topological polar surface area (TPSA) is 114 Å². The number of hydrogen-bond acceptors (Lipinski definition) is 4. The normalized spacial score (nSPS) is 12.9. The lowest BCUT2D eigenvalue weighted by Gasteiger charge is -2.14. The van der Waals surface area contributed by atoms with Crippen molar-refractivity contribution in [2.75, 3.05) is 5.32 Å². The molecule has 0 aliphatic heterocycles. The van der Waals surface area contributed by atoms with Gasteiger partial charge in [-0.05, 0) is 35.0 Å². The molecule has 1 atom stereocenters. The van der Waals surface area contributed by atoms with Gasteiger partial charge in [-0.3, -0.25) is 9.32 Å². The fraction of sp³-hybridized carbons (Fsp3) is 0.167. The molecular formula is C12H10BrClF2N3O5P. The average molecular weight is 461 g/mol. The predicted octanol–water partition coefficient (Wildman–Crippen LogP) is 3.46. The molecule has 2 aromatic rings. The third-order valence-electron chi connectivity index (χ3n) is 2.83. The lowest BCUT2D eigenvalue weighted by molar-refractivity contribution is 0.0876. The van der Waals surface area contributed by atoms with E-state index in [4.69, 9.17) is 21.4 Å². The Hall–Kier alpha value is -1.36. The Morgan fingerprint density at radius 3 is 2.68 bits per heavy atom. The number of benzene rings is 1. The molecule has 1 unspecified atom stereocenters. The molecule has 0 radical (unpaired) electrons. The molecule has 25 heavy (non-hydrogen) atoms. The van der Waals surface area contributed by atoms with Gasteiger partial charge in [0.1, 0.15) is 16.8 Å². The second-order valence-corrected chi connectivity index (χ2v) is 7.01. The van der Waals surface area contributed by atoms with Crippen LogP contribution in [0.4, 0.5) is 14.5 Å². The highest BCUT2D eigenvalue weighted by molar-refractivity contribution is 9.10. The minimum Gasteiger partial charge on any atom is -0.318 e. The maximum Gasteiger partial charge on any atom is 0.471 e. The summed E-state index contributed by atoms with van der Waals surface area (Å²) in [6.45, 7) is 1.24. The minimum absolute atomic E-state index is 0.00431. The number of aromatic nitrogens is 2. The SMILES string of the molecule is CC(OP(=O)(O)O)n1nc(C(=O)Nc2ccc(F)cc2F)c(Br)c1Cl. The highest BCUT2D eigenvalue weighted by Crippen LogP contribution is 2.41. The minimum atomic E-state index is -4.82. The average Bonchev–Trinajstić information content (AvgIpc) is 2.77. The van der Waals surface area contributed by atoms with Crippen LogP contribution < -0.4 is 5.32 Å². The second kappa shape index (κ2) is 7.48. The number of carbonyl (C=O) groups is 1. The van der Waals surface area contributed by atoms with Crippen LogP contribution in [0, 0.1) is 11.6 Å². The number of nitrogens with one attached hydrogen (secondary N) is 1. The Labute approximate surface area is 153 Å². The summed E-state index contributed by atoms with van der Waals surface area (Å²) < 4.78 is 42.6. The highest BCUT2D eigenvalue weighted by Gasteiger charge is 2.27. The van der Waals surface area contributed by atoms with Crippen LogP contribution in [0.25, 0.3) is 0 Å². The third-order valence-corrected chi connectivity index (χ3v) is 4.75. The van der Waals surface area contributed by atoms with Crippen molar-refractivity contribution in [3.05, 3.63) is 45.2 Å². The molecular weight excluding hydrogens is 450 g/mol. The van der Waals surface area contributed by atoms with Crippen LogP contribution in [-0.2, 0) is 9.09 Å². The van der Waals surface area contributed by atoms with E-state index in [9.17, 15) is 18.1 Å². The molecule has 3 N–H and O–H groups in total. The number of amides is 1. The molecule has 1 aromatic heterocycles. The summed E-state index contributed by atoms with van der Waals surface area (Å²) in [5.74, 6) is -2.69. The molecule has 0 fully saturated rings. The summed E-state index contributed by atoms with van der Waals surface area (Å²) in [6.07, 6.45) is -1.30. The first-order valence-electron chi connectivity index (χ1n) is 6.43. The van der Waals surface area contributed by atoms with Crippen LogP contribution in [0.2, 0.25) is 5.15 Å². The van der Waals surface area contributed by atoms with Crippen molar-refractivity contribution in [3.8, 4) is 0 Å². The molecule has 1 heterocycles. The van der Waals surface area contributed by atoms with Crippen molar-refractivity contribution in [2.45, 2.75) is 13.2 Å². The summed E-state index contributed by atoms with van der Waals surface area (Å²) in [7, 11) is -4.82. The van der Waals surface area contributed by atoms with Gasteiger partial charge in [0.2, 0.25) is 0 Å². The summed E-state index contributed by atoms with van der Waals surface area (Å²) >= 11 is 8.97. The molecule has 0 saturated carbocycles. The smallest absolute Gasteiger partial charge is 0.318 e. The van der Waals surface area contributed by atoms with Crippen molar-refractivity contribution in [3.63, 3.8) is 0 Å². The van der Waals surface area contributed by atoms with Gasteiger partial charge in [-0.1, -0.05) is 11.6 Å². The van der Waals surface area contributed by atoms with Crippen molar-refractivity contribution in [2.24, 2.45) is 0 Å². The Morgan fingerprint density at radius 2 is 2.12 bits per heavy atom. The summed E-state index contributed by atoms with van der Waals surface area (Å²) in [5, 5.41) is 5.81. The Morgan fingerprint density at radius 1 is 1.48 bits per heavy atom. The van der Waals surface area contributed by atoms with Crippen LogP contribution >= 0.6 is 35.4 Å². The number of rotatable bonds is 5. The molecule has 0 saturated heterocycles. The quantitative estimate of drug-likeness (QED) is 0.589. The Kier molecular flexibility index (Phi) is 5.97. The van der Waals surface area contributed by atoms with E-state index in [1.165, 1.54) is 6.92 Å². The number of hydrogen-bond donors (Lipinski definition) is 3. The zero-order valence-electron chi connectivity index (χ0n) is 12.3. The Balaban J connectivity index is 2.29. The van der Waals surface area contributed by atoms with Crippen molar-refractivity contribution < 1.29 is 32.5 Å². The number of nitrogens with zero attached hydrogens (tertiary/aromatic N) is 2. The largest absolute Gasteiger partial charge is 0.471 e. The first kappa shape index (κ1) is 20.0. The van der Waals surface area contributed by atoms with E-state index < -0.39 is 31.6 Å². The van der Waals surface area contributed by atoms with Crippen LogP contribution in [-0.4, -0.2) is 25.5 Å². The zero-order valence-corrected chi connectivity index (χ0v) is 15.5. The molecule has 136 valence electrons. The van der Waals surface area contributed by atoms with E-state index in [0.29, 0.717) is 6.07 Å². The van der Waals surface area contributed by atoms with E-state index in [0.717, 1.165) is 16.8 Å². The fourth-order valence-corrected chi connectivity index (χ4v) is 2.99. The lowest BCUT2D eigenvalue weighted by atomic mass is 10.3. The van der Waals surface area contributed by atoms with Crippen molar-refractivity contribution >= 4 is 46.9 Å². The predicted molar refractivity (Wildman–Crippen MR) is 87.1 cm³/mol. The number of anilines is 1. The highest BCUT2D eigenvalue weighted by atomic mass is 79.9. The third kappa shape index (κ3) is 4.84. The molecule has 0 spiro atoms. The van der Waals surface area contributed by atoms with Gasteiger partial charge in [-0.25, -0.2) is 18.0 Å². The van der Waals surface area contributed by atoms with Gasteiger partial charge in [0, 0.05) is 6.07 Å². The maximum atomic E-state index is 13.6. The maximum absolute atomic E-state index is 13.6. The van der Waals surface area contributed by atoms with Crippen molar-refractivity contribution in [1.82, 2.24) is 9.78 Å². The monoisotopic (exact) mass is 459 g/mol. The van der Waals surface area contributed by atoms with Crippen LogP contribution in [0.1, 0.15) is 23.6 Å². The number of halogens is 4. The molecule has 2 rings (SSSR count). The van der Waals surface area contributed by atoms with Gasteiger partial charge in [-0.15, -0.1) is 0 Å². The first-order chi connectivity index (χ1) is 11.5. The summed E-state index contributed by atoms with van der Waals surface area (Å²) in [6, 6.07) is 2.57. The zero-order chi connectivity index (χ0) is 18.9. The van der Waals surface area contributed by atoms with Crippen molar-refractivity contribution in [1.29, 1.82) is 0 Å². The molecule has 0 bridgehead atoms. The first-order valence-corrected chi connectivity index (χ1v) is 9.13. The van der Waals surface area contributed by atoms with Gasteiger partial charge in [0.05, 0.1) is 10.2 Å². The van der Waals surface area contributed by atoms with Crippen LogP contribution in [0.5, 0.6) is 0 Å². The van der Waals surface area contributed by atoms with Gasteiger partial charge < -0.3 is 15.1 Å². The van der Waals surface area contributed by atoms with Gasteiger partial charge in [0.25, 0.3) is 5.91 Å². The van der Waals surface area contributed by atoms with E-state index >= 15 is 0 Å². The second-order valence-electron chi connectivity index (χ2n) is 4.67. The number of phosphoric ester groups is 1. The number of carbonyl (C=O) groups excluding carboxylic acids is 1. The van der Waals surface area contributed by atoms with Gasteiger partial charge in [0.15, 0.2) is 11.9 Å². The number of phosphoric acid groups is 1. The van der Waals surface area contributed by atoms with E-state index in [1.54, 1.807) is 0 Å². The molecule has 0 aliphatic carbocycles. The van der Waals surface area contributed by atoms with Gasteiger partial charge >= 0.3 is 7.82 Å². The lowest BCUT2D eigenvalue weighted by Crippen LogP contribution is -2.16. The van der Waals surface area contributed by atoms with E-state index in [-0.39, 0.29) is 21.0 Å². The molecule has 13 heteroatoms. The standard InChI is InChI=1S/C12H10BrClF2N3O5P/c1-5(24-25(21,22)23)19-11(14)9(13)10(18-19)12(20)17-8-3-2-6(15)4-7(8)16/h2-5H,1H3,(H,17,20)(H2,21,22,23).